The predicted molar refractivity (Wildman–Crippen MR) is 76.9 cm³/mol. The van der Waals surface area contributed by atoms with E-state index in [1.165, 1.54) is 18.2 Å². The zero-order valence-electron chi connectivity index (χ0n) is 10.5. The van der Waals surface area contributed by atoms with Gasteiger partial charge in [0.15, 0.2) is 0 Å². The maximum atomic E-state index is 13.0. The monoisotopic (exact) mass is 309 g/mol. The summed E-state index contributed by atoms with van der Waals surface area (Å²) in [6.45, 7) is 0. The number of amides is 1. The number of carbonyl (C=O) groups is 1. The molecule has 0 spiro atoms. The lowest BCUT2D eigenvalue weighted by Crippen LogP contribution is -2.13. The summed E-state index contributed by atoms with van der Waals surface area (Å²) in [5.41, 5.74) is 5.31. The number of carbonyl (C=O) groups excluding carboxylic acids is 1. The third kappa shape index (κ3) is 3.26. The Kier molecular flexibility index (Phi) is 4.04. The molecule has 0 fully saturated rings. The number of halogens is 2. The number of nitrogens with zero attached hydrogens (tertiary/aromatic N) is 1. The molecule has 6 nitrogen and oxygen atoms in total. The van der Waals surface area contributed by atoms with Crippen LogP contribution in [0, 0.1) is 15.9 Å². The zero-order chi connectivity index (χ0) is 15.6. The Labute approximate surface area is 123 Å². The van der Waals surface area contributed by atoms with Crippen LogP contribution in [0.4, 0.5) is 21.5 Å². The number of anilines is 2. The van der Waals surface area contributed by atoms with Crippen molar-refractivity contribution in [2.45, 2.75) is 0 Å². The third-order valence-corrected chi connectivity index (χ3v) is 3.01. The highest BCUT2D eigenvalue weighted by molar-refractivity contribution is 6.33. The van der Waals surface area contributed by atoms with Crippen molar-refractivity contribution in [3.63, 3.8) is 0 Å². The molecule has 0 aliphatic rings. The lowest BCUT2D eigenvalue weighted by molar-refractivity contribution is -0.384. The number of nitrogen functional groups attached to an aromatic ring is 1. The van der Waals surface area contributed by atoms with Gasteiger partial charge in [0.1, 0.15) is 11.5 Å². The van der Waals surface area contributed by atoms with Gasteiger partial charge in [-0.1, -0.05) is 11.6 Å². The minimum Gasteiger partial charge on any atom is -0.398 e. The van der Waals surface area contributed by atoms with Crippen LogP contribution >= 0.6 is 11.6 Å². The molecule has 0 aliphatic carbocycles. The van der Waals surface area contributed by atoms with Crippen molar-refractivity contribution in [2.24, 2.45) is 0 Å². The van der Waals surface area contributed by atoms with Gasteiger partial charge in [-0.2, -0.15) is 0 Å². The van der Waals surface area contributed by atoms with E-state index >= 15 is 0 Å². The molecule has 0 saturated heterocycles. The molecule has 0 aliphatic heterocycles. The average molecular weight is 310 g/mol. The summed E-state index contributed by atoms with van der Waals surface area (Å²) in [7, 11) is 0. The molecule has 108 valence electrons. The first-order chi connectivity index (χ1) is 9.88. The largest absolute Gasteiger partial charge is 0.398 e. The van der Waals surface area contributed by atoms with Crippen molar-refractivity contribution in [1.29, 1.82) is 0 Å². The van der Waals surface area contributed by atoms with E-state index in [1.54, 1.807) is 0 Å². The summed E-state index contributed by atoms with van der Waals surface area (Å²) < 4.78 is 13.0. The second-order valence-electron chi connectivity index (χ2n) is 4.11. The highest BCUT2D eigenvalue weighted by atomic mass is 35.5. The maximum Gasteiger partial charge on any atom is 0.295 e. The van der Waals surface area contributed by atoms with Crippen LogP contribution in [0.1, 0.15) is 10.4 Å². The number of benzene rings is 2. The van der Waals surface area contributed by atoms with Gasteiger partial charge in [-0.05, 0) is 30.3 Å². The Hall–Kier alpha value is -2.67. The number of hydrogen-bond acceptors (Lipinski definition) is 4. The Morgan fingerprint density at radius 1 is 1.29 bits per heavy atom. The van der Waals surface area contributed by atoms with Crippen LogP contribution in [0.3, 0.4) is 0 Å². The van der Waals surface area contributed by atoms with Gasteiger partial charge < -0.3 is 11.1 Å². The molecule has 0 atom stereocenters. The first kappa shape index (κ1) is 14.7. The van der Waals surface area contributed by atoms with Crippen LogP contribution in [0.2, 0.25) is 5.02 Å². The maximum absolute atomic E-state index is 13.0. The summed E-state index contributed by atoms with van der Waals surface area (Å²) in [5, 5.41) is 13.5. The van der Waals surface area contributed by atoms with Crippen molar-refractivity contribution in [2.75, 3.05) is 11.1 Å². The zero-order valence-corrected chi connectivity index (χ0v) is 11.2. The molecule has 1 amide bonds. The number of nitrogens with two attached hydrogens (primary N) is 1. The van der Waals surface area contributed by atoms with Crippen LogP contribution in [0.15, 0.2) is 36.4 Å². The van der Waals surface area contributed by atoms with Crippen molar-refractivity contribution in [3.8, 4) is 0 Å². The van der Waals surface area contributed by atoms with Gasteiger partial charge in [-0.3, -0.25) is 14.9 Å². The third-order valence-electron chi connectivity index (χ3n) is 2.66. The standard InChI is InChI=1S/C13H9ClFN3O3/c14-9-3-1-7(5-10(9)16)13(19)17-11-4-2-8(15)6-12(11)18(20)21/h1-6H,16H2,(H,17,19). The van der Waals surface area contributed by atoms with Gasteiger partial charge in [0.25, 0.3) is 11.6 Å². The smallest absolute Gasteiger partial charge is 0.295 e. The minimum atomic E-state index is -0.783. The molecule has 2 rings (SSSR count). The molecule has 3 N–H and O–H groups in total. The number of nitro benzene ring substituents is 1. The Morgan fingerprint density at radius 2 is 2.00 bits per heavy atom. The van der Waals surface area contributed by atoms with E-state index in [0.717, 1.165) is 18.2 Å². The first-order valence-corrected chi connectivity index (χ1v) is 6.06. The van der Waals surface area contributed by atoms with Gasteiger partial charge >= 0.3 is 0 Å². The van der Waals surface area contributed by atoms with E-state index in [0.29, 0.717) is 5.02 Å². The van der Waals surface area contributed by atoms with E-state index in [9.17, 15) is 19.3 Å². The number of rotatable bonds is 3. The van der Waals surface area contributed by atoms with E-state index < -0.39 is 22.3 Å². The van der Waals surface area contributed by atoms with Crippen LogP contribution in [-0.4, -0.2) is 10.8 Å². The van der Waals surface area contributed by atoms with Gasteiger partial charge in [0.05, 0.1) is 21.7 Å². The van der Waals surface area contributed by atoms with Crippen molar-refractivity contribution < 1.29 is 14.1 Å². The minimum absolute atomic E-state index is 0.111. The molecular weight excluding hydrogens is 301 g/mol. The highest BCUT2D eigenvalue weighted by Gasteiger charge is 2.18. The first-order valence-electron chi connectivity index (χ1n) is 5.69. The van der Waals surface area contributed by atoms with Crippen molar-refractivity contribution in [1.82, 2.24) is 0 Å². The van der Waals surface area contributed by atoms with E-state index in [4.69, 9.17) is 17.3 Å². The molecule has 0 unspecified atom stereocenters. The molecule has 0 radical (unpaired) electrons. The summed E-state index contributed by atoms with van der Waals surface area (Å²) in [6.07, 6.45) is 0. The molecule has 0 aromatic heterocycles. The molecular formula is C13H9ClFN3O3. The molecule has 2 aromatic carbocycles. The van der Waals surface area contributed by atoms with Gasteiger partial charge in [-0.15, -0.1) is 0 Å². The molecule has 0 bridgehead atoms. The van der Waals surface area contributed by atoms with E-state index in [1.807, 2.05) is 0 Å². The summed E-state index contributed by atoms with van der Waals surface area (Å²) >= 11 is 5.74. The fourth-order valence-corrected chi connectivity index (χ4v) is 1.76. The lowest BCUT2D eigenvalue weighted by atomic mass is 10.1. The molecule has 21 heavy (non-hydrogen) atoms. The fourth-order valence-electron chi connectivity index (χ4n) is 1.64. The van der Waals surface area contributed by atoms with Gasteiger partial charge in [0, 0.05) is 5.56 Å². The average Bonchev–Trinajstić information content (AvgIpc) is 2.43. The topological polar surface area (TPSA) is 98.3 Å². The molecule has 2 aromatic rings. The van der Waals surface area contributed by atoms with Crippen LogP contribution < -0.4 is 11.1 Å². The number of hydrogen-bond donors (Lipinski definition) is 2. The number of nitro groups is 1. The van der Waals surface area contributed by atoms with E-state index in [-0.39, 0.29) is 16.9 Å². The molecule has 8 heteroatoms. The summed E-state index contributed by atoms with van der Waals surface area (Å²) in [5.74, 6) is -1.39. The van der Waals surface area contributed by atoms with Crippen LogP contribution in [-0.2, 0) is 0 Å². The van der Waals surface area contributed by atoms with E-state index in [2.05, 4.69) is 5.32 Å². The Morgan fingerprint density at radius 3 is 2.62 bits per heavy atom. The fraction of sp³-hybridized carbons (Fsp3) is 0. The SMILES string of the molecule is Nc1cc(C(=O)Nc2ccc(F)cc2[N+](=O)[O-])ccc1Cl. The second kappa shape index (κ2) is 5.76. The quantitative estimate of drug-likeness (QED) is 0.516. The Bertz CT molecular complexity index is 737. The van der Waals surface area contributed by atoms with Crippen LogP contribution in [0.5, 0.6) is 0 Å². The summed E-state index contributed by atoms with van der Waals surface area (Å²) in [4.78, 5) is 22.1. The van der Waals surface area contributed by atoms with Gasteiger partial charge in [-0.25, -0.2) is 4.39 Å². The normalized spacial score (nSPS) is 10.2. The van der Waals surface area contributed by atoms with Gasteiger partial charge in [0.2, 0.25) is 0 Å². The van der Waals surface area contributed by atoms with Crippen LogP contribution in [0.25, 0.3) is 0 Å². The molecule has 0 saturated carbocycles. The highest BCUT2D eigenvalue weighted by Crippen LogP contribution is 2.26. The number of nitrogens with one attached hydrogen (secondary N) is 1. The Balaban J connectivity index is 2.31. The lowest BCUT2D eigenvalue weighted by Gasteiger charge is -2.07. The second-order valence-corrected chi connectivity index (χ2v) is 4.52. The summed E-state index contributed by atoms with van der Waals surface area (Å²) in [6, 6.07) is 7.05. The predicted octanol–water partition coefficient (Wildman–Crippen LogP) is 3.22. The van der Waals surface area contributed by atoms with Crippen molar-refractivity contribution in [3.05, 3.63) is 62.9 Å². The molecule has 0 heterocycles. The van der Waals surface area contributed by atoms with Crippen molar-refractivity contribution >= 4 is 34.6 Å².